The highest BCUT2D eigenvalue weighted by atomic mass is 16.6. The van der Waals surface area contributed by atoms with Crippen LogP contribution in [0, 0.1) is 10.1 Å². The van der Waals surface area contributed by atoms with Crippen molar-refractivity contribution in [2.24, 2.45) is 0 Å². The number of nitro groups is 1. The predicted octanol–water partition coefficient (Wildman–Crippen LogP) is 1.72. The molecule has 0 heterocycles. The molecule has 0 fully saturated rings. The Morgan fingerprint density at radius 1 is 1.53 bits per heavy atom. The van der Waals surface area contributed by atoms with E-state index in [1.807, 2.05) is 6.92 Å². The van der Waals surface area contributed by atoms with Crippen LogP contribution < -0.4 is 5.32 Å². The first-order valence-electron chi connectivity index (χ1n) is 4.31. The Hall–Kier alpha value is -2.11. The zero-order valence-electron chi connectivity index (χ0n) is 8.06. The molecule has 0 saturated carbocycles. The summed E-state index contributed by atoms with van der Waals surface area (Å²) in [5.41, 5.74) is 0.107. The summed E-state index contributed by atoms with van der Waals surface area (Å²) in [7, 11) is 0. The molecule has 0 aromatic heterocycles. The first-order valence-corrected chi connectivity index (χ1v) is 4.31. The van der Waals surface area contributed by atoms with Crippen LogP contribution in [0.15, 0.2) is 18.2 Å². The number of nitro benzene ring substituents is 1. The van der Waals surface area contributed by atoms with Gasteiger partial charge in [-0.15, -0.1) is 0 Å². The fourth-order valence-corrected chi connectivity index (χ4v) is 1.15. The van der Waals surface area contributed by atoms with Crippen LogP contribution in [0.1, 0.15) is 17.3 Å². The average Bonchev–Trinajstić information content (AvgIpc) is 2.17. The van der Waals surface area contributed by atoms with Gasteiger partial charge in [0.15, 0.2) is 0 Å². The van der Waals surface area contributed by atoms with Crippen LogP contribution in [0.5, 0.6) is 0 Å². The molecule has 0 atom stereocenters. The molecule has 0 aliphatic carbocycles. The molecule has 0 amide bonds. The molecular weight excluding hydrogens is 200 g/mol. The van der Waals surface area contributed by atoms with Crippen molar-refractivity contribution in [2.75, 3.05) is 11.9 Å². The lowest BCUT2D eigenvalue weighted by Gasteiger charge is -2.04. The van der Waals surface area contributed by atoms with Crippen molar-refractivity contribution in [1.82, 2.24) is 0 Å². The maximum atomic E-state index is 10.7. The Labute approximate surface area is 85.7 Å². The Morgan fingerprint density at radius 2 is 2.20 bits per heavy atom. The van der Waals surface area contributed by atoms with Gasteiger partial charge in [0.2, 0.25) is 0 Å². The normalized spacial score (nSPS) is 9.67. The Bertz CT molecular complexity index is 371. The van der Waals surface area contributed by atoms with Gasteiger partial charge in [-0.1, -0.05) is 0 Å². The highest BCUT2D eigenvalue weighted by Crippen LogP contribution is 2.20. The molecule has 6 heteroatoms. The van der Waals surface area contributed by atoms with E-state index in [4.69, 9.17) is 5.11 Å². The van der Waals surface area contributed by atoms with E-state index in [0.717, 1.165) is 6.07 Å². The van der Waals surface area contributed by atoms with Crippen LogP contribution in [0.4, 0.5) is 11.4 Å². The molecule has 15 heavy (non-hydrogen) atoms. The molecule has 0 bridgehead atoms. The monoisotopic (exact) mass is 210 g/mol. The number of aromatic carboxylic acids is 1. The molecule has 80 valence electrons. The number of non-ortho nitro benzene ring substituents is 1. The summed E-state index contributed by atoms with van der Waals surface area (Å²) in [4.78, 5) is 20.6. The van der Waals surface area contributed by atoms with Crippen molar-refractivity contribution in [3.8, 4) is 0 Å². The van der Waals surface area contributed by atoms with Gasteiger partial charge in [0, 0.05) is 24.4 Å². The van der Waals surface area contributed by atoms with Crippen LogP contribution in [0.25, 0.3) is 0 Å². The summed E-state index contributed by atoms with van der Waals surface area (Å²) >= 11 is 0. The molecule has 0 saturated heterocycles. The molecule has 0 aliphatic rings. The highest BCUT2D eigenvalue weighted by molar-refractivity contribution is 5.89. The second-order valence-corrected chi connectivity index (χ2v) is 2.86. The minimum atomic E-state index is -1.18. The highest BCUT2D eigenvalue weighted by Gasteiger charge is 2.13. The minimum absolute atomic E-state index is 0.0971. The van der Waals surface area contributed by atoms with Crippen molar-refractivity contribution in [1.29, 1.82) is 0 Å². The lowest BCUT2D eigenvalue weighted by molar-refractivity contribution is -0.384. The molecule has 0 unspecified atom stereocenters. The lowest BCUT2D eigenvalue weighted by Crippen LogP contribution is -2.02. The number of rotatable bonds is 4. The van der Waals surface area contributed by atoms with E-state index in [1.165, 1.54) is 12.1 Å². The molecule has 2 N–H and O–H groups in total. The van der Waals surface area contributed by atoms with Crippen LogP contribution in [-0.2, 0) is 0 Å². The van der Waals surface area contributed by atoms with E-state index in [0.29, 0.717) is 12.2 Å². The third-order valence-corrected chi connectivity index (χ3v) is 1.76. The number of carboxylic acids is 1. The van der Waals surface area contributed by atoms with E-state index >= 15 is 0 Å². The number of anilines is 1. The van der Waals surface area contributed by atoms with Gasteiger partial charge >= 0.3 is 5.97 Å². The molecule has 1 aromatic carbocycles. The maximum Gasteiger partial charge on any atom is 0.336 e. The third kappa shape index (κ3) is 2.67. The van der Waals surface area contributed by atoms with E-state index in [-0.39, 0.29) is 11.3 Å². The summed E-state index contributed by atoms with van der Waals surface area (Å²) < 4.78 is 0. The second-order valence-electron chi connectivity index (χ2n) is 2.86. The Balaban J connectivity index is 3.19. The molecular formula is C9H10N2O4. The van der Waals surface area contributed by atoms with Gasteiger partial charge in [-0.25, -0.2) is 4.79 Å². The first kappa shape index (κ1) is 11.0. The predicted molar refractivity (Wildman–Crippen MR) is 54.2 cm³/mol. The molecule has 0 spiro atoms. The zero-order valence-corrected chi connectivity index (χ0v) is 8.06. The molecule has 0 aliphatic heterocycles. The number of hydrogen-bond acceptors (Lipinski definition) is 4. The van der Waals surface area contributed by atoms with Crippen LogP contribution in [-0.4, -0.2) is 22.5 Å². The van der Waals surface area contributed by atoms with E-state index < -0.39 is 10.9 Å². The zero-order chi connectivity index (χ0) is 11.4. The minimum Gasteiger partial charge on any atom is -0.478 e. The molecule has 6 nitrogen and oxygen atoms in total. The number of carboxylic acid groups (broad SMARTS) is 1. The Kier molecular flexibility index (Phi) is 3.22. The summed E-state index contributed by atoms with van der Waals surface area (Å²) in [6.45, 7) is 2.39. The number of benzene rings is 1. The van der Waals surface area contributed by atoms with Crippen molar-refractivity contribution in [3.63, 3.8) is 0 Å². The van der Waals surface area contributed by atoms with Gasteiger partial charge in [0.05, 0.1) is 10.5 Å². The summed E-state index contributed by atoms with van der Waals surface area (Å²) in [5, 5.41) is 22.1. The lowest BCUT2D eigenvalue weighted by atomic mass is 10.1. The number of nitrogens with zero attached hydrogens (tertiary/aromatic N) is 1. The van der Waals surface area contributed by atoms with Crippen molar-refractivity contribution < 1.29 is 14.8 Å². The first-order chi connectivity index (χ1) is 7.04. The summed E-state index contributed by atoms with van der Waals surface area (Å²) in [6.07, 6.45) is 0. The SMILES string of the molecule is CCNc1cc(C(=O)O)cc([N+](=O)[O-])c1. The van der Waals surface area contributed by atoms with E-state index in [1.54, 1.807) is 0 Å². The topological polar surface area (TPSA) is 92.5 Å². The van der Waals surface area contributed by atoms with Gasteiger partial charge in [-0.2, -0.15) is 0 Å². The quantitative estimate of drug-likeness (QED) is 0.583. The van der Waals surface area contributed by atoms with Crippen LogP contribution >= 0.6 is 0 Å². The van der Waals surface area contributed by atoms with Crippen molar-refractivity contribution in [3.05, 3.63) is 33.9 Å². The summed E-state index contributed by atoms with van der Waals surface area (Å²) in [5.74, 6) is -1.18. The van der Waals surface area contributed by atoms with Gasteiger partial charge in [-0.3, -0.25) is 10.1 Å². The molecule has 0 radical (unpaired) electrons. The van der Waals surface area contributed by atoms with Gasteiger partial charge in [0.25, 0.3) is 5.69 Å². The second kappa shape index (κ2) is 4.41. The number of carbonyl (C=O) groups is 1. The largest absolute Gasteiger partial charge is 0.478 e. The van der Waals surface area contributed by atoms with Gasteiger partial charge in [-0.05, 0) is 13.0 Å². The van der Waals surface area contributed by atoms with Gasteiger partial charge < -0.3 is 10.4 Å². The van der Waals surface area contributed by atoms with Crippen LogP contribution in [0.3, 0.4) is 0 Å². The van der Waals surface area contributed by atoms with Gasteiger partial charge in [0.1, 0.15) is 0 Å². The standard InChI is InChI=1S/C9H10N2O4/c1-2-10-7-3-6(9(12)13)4-8(5-7)11(14)15/h3-5,10H,2H2,1H3,(H,12,13). The fourth-order valence-electron chi connectivity index (χ4n) is 1.15. The smallest absolute Gasteiger partial charge is 0.336 e. The third-order valence-electron chi connectivity index (χ3n) is 1.76. The molecule has 1 aromatic rings. The van der Waals surface area contributed by atoms with Crippen molar-refractivity contribution in [2.45, 2.75) is 6.92 Å². The average molecular weight is 210 g/mol. The number of hydrogen-bond donors (Lipinski definition) is 2. The van der Waals surface area contributed by atoms with Crippen molar-refractivity contribution >= 4 is 17.3 Å². The van der Waals surface area contributed by atoms with E-state index in [9.17, 15) is 14.9 Å². The number of nitrogens with one attached hydrogen (secondary N) is 1. The van der Waals surface area contributed by atoms with Crippen LogP contribution in [0.2, 0.25) is 0 Å². The summed E-state index contributed by atoms with van der Waals surface area (Å²) in [6, 6.07) is 3.69. The molecule has 1 rings (SSSR count). The fraction of sp³-hybridized carbons (Fsp3) is 0.222. The maximum absolute atomic E-state index is 10.7. The van der Waals surface area contributed by atoms with E-state index in [2.05, 4.69) is 5.32 Å². The Morgan fingerprint density at radius 3 is 2.67 bits per heavy atom.